The van der Waals surface area contributed by atoms with Crippen LogP contribution in [-0.2, 0) is 7.05 Å². The van der Waals surface area contributed by atoms with E-state index in [9.17, 15) is 0 Å². The van der Waals surface area contributed by atoms with Gasteiger partial charge in [0.25, 0.3) is 6.33 Å². The molecule has 0 N–H and O–H groups in total. The fraction of sp³-hybridized carbons (Fsp3) is 0.375. The molecule has 0 radical (unpaired) electrons. The highest BCUT2D eigenvalue weighted by molar-refractivity contribution is 7.19. The van der Waals surface area contributed by atoms with Crippen LogP contribution in [0.25, 0.3) is 32.4 Å². The van der Waals surface area contributed by atoms with Gasteiger partial charge in [0.15, 0.2) is 11.4 Å². The van der Waals surface area contributed by atoms with Crippen molar-refractivity contribution in [2.45, 2.75) is 38.5 Å². The van der Waals surface area contributed by atoms with E-state index in [0.29, 0.717) is 5.92 Å². The van der Waals surface area contributed by atoms with Gasteiger partial charge in [0.1, 0.15) is 11.1 Å². The summed E-state index contributed by atoms with van der Waals surface area (Å²) in [5.74, 6) is 4.39. The lowest BCUT2D eigenvalue weighted by molar-refractivity contribution is -0.662. The number of rotatable bonds is 1. The molecule has 5 heteroatoms. The molecule has 0 spiro atoms. The molecule has 144 valence electrons. The van der Waals surface area contributed by atoms with Gasteiger partial charge in [-0.3, -0.25) is 4.98 Å². The minimum Gasteiger partial charge on any atom is -0.454 e. The number of aryl methyl sites for hydroxylation is 2. The van der Waals surface area contributed by atoms with Crippen molar-refractivity contribution in [2.24, 2.45) is 18.9 Å². The van der Waals surface area contributed by atoms with Crippen LogP contribution in [0.1, 0.15) is 42.0 Å². The van der Waals surface area contributed by atoms with E-state index < -0.39 is 0 Å². The highest BCUT2D eigenvalue weighted by atomic mass is 32.1. The lowest BCUT2D eigenvalue weighted by Gasteiger charge is -2.24. The predicted molar refractivity (Wildman–Crippen MR) is 115 cm³/mol. The molecule has 3 aromatic heterocycles. The van der Waals surface area contributed by atoms with E-state index >= 15 is 0 Å². The van der Waals surface area contributed by atoms with Crippen molar-refractivity contribution in [3.63, 3.8) is 0 Å². The number of pyridine rings is 1. The van der Waals surface area contributed by atoms with Crippen molar-refractivity contribution in [2.75, 3.05) is 0 Å². The van der Waals surface area contributed by atoms with Crippen LogP contribution in [0.15, 0.2) is 30.7 Å². The zero-order valence-electron chi connectivity index (χ0n) is 16.6. The second-order valence-electron chi connectivity index (χ2n) is 9.01. The molecule has 3 atom stereocenters. The standard InChI is InChI=1S/C24H22N3OS/c1-12-15-4-3-7-25-17(15)10-18-19(12)21-20-22(28-18)23(29-24(20)26-11-27(21)2)16-9-13-5-6-14(16)8-13/h3-4,7,10-11,13-14,16H,5-6,8-9H2,1-2H3/q+1. The van der Waals surface area contributed by atoms with Gasteiger partial charge < -0.3 is 4.74 Å². The molecule has 4 heterocycles. The summed E-state index contributed by atoms with van der Waals surface area (Å²) in [5, 5.41) is 2.39. The van der Waals surface area contributed by atoms with Crippen molar-refractivity contribution < 1.29 is 9.30 Å². The van der Waals surface area contributed by atoms with Gasteiger partial charge in [-0.2, -0.15) is 0 Å². The quantitative estimate of drug-likeness (QED) is 0.341. The molecule has 0 amide bonds. The van der Waals surface area contributed by atoms with Gasteiger partial charge in [-0.1, -0.05) is 23.8 Å². The summed E-state index contributed by atoms with van der Waals surface area (Å²) >= 11 is 1.86. The van der Waals surface area contributed by atoms with Gasteiger partial charge in [-0.05, 0) is 54.6 Å². The van der Waals surface area contributed by atoms with E-state index in [0.717, 1.165) is 33.7 Å². The minimum absolute atomic E-state index is 0.641. The Morgan fingerprint density at radius 2 is 2.14 bits per heavy atom. The summed E-state index contributed by atoms with van der Waals surface area (Å²) in [5.41, 5.74) is 4.65. The van der Waals surface area contributed by atoms with E-state index in [2.05, 4.69) is 35.7 Å². The van der Waals surface area contributed by atoms with Crippen LogP contribution in [0.5, 0.6) is 11.5 Å². The Kier molecular flexibility index (Phi) is 3.11. The van der Waals surface area contributed by atoms with Gasteiger partial charge in [0.2, 0.25) is 4.83 Å². The average molecular weight is 401 g/mol. The summed E-state index contributed by atoms with van der Waals surface area (Å²) in [6.45, 7) is 2.19. The predicted octanol–water partition coefficient (Wildman–Crippen LogP) is 5.65. The molecule has 1 aromatic carbocycles. The summed E-state index contributed by atoms with van der Waals surface area (Å²) < 4.78 is 8.87. The smallest absolute Gasteiger partial charge is 0.288 e. The number of fused-ring (bicyclic) bond motifs is 5. The summed E-state index contributed by atoms with van der Waals surface area (Å²) in [6, 6.07) is 6.28. The zero-order chi connectivity index (χ0) is 19.3. The van der Waals surface area contributed by atoms with Crippen LogP contribution in [0.3, 0.4) is 0 Å². The number of ether oxygens (including phenoxy) is 1. The van der Waals surface area contributed by atoms with Gasteiger partial charge >= 0.3 is 0 Å². The third kappa shape index (κ3) is 2.06. The Hall–Kier alpha value is -2.53. The molecule has 2 bridgehead atoms. The first-order valence-electron chi connectivity index (χ1n) is 10.6. The Morgan fingerprint density at radius 1 is 1.21 bits per heavy atom. The first-order chi connectivity index (χ1) is 14.2. The number of nitrogens with zero attached hydrogens (tertiary/aromatic N) is 3. The van der Waals surface area contributed by atoms with Crippen molar-refractivity contribution in [1.82, 2.24) is 9.97 Å². The highest BCUT2D eigenvalue weighted by Crippen LogP contribution is 2.60. The van der Waals surface area contributed by atoms with E-state index in [-0.39, 0.29) is 0 Å². The second kappa shape index (κ2) is 5.54. The molecule has 2 fully saturated rings. The van der Waals surface area contributed by atoms with Crippen LogP contribution in [0.4, 0.5) is 0 Å². The lowest BCUT2D eigenvalue weighted by Crippen LogP contribution is -2.32. The molecule has 3 unspecified atom stereocenters. The molecule has 4 aromatic rings. The van der Waals surface area contributed by atoms with E-state index in [1.165, 1.54) is 58.2 Å². The zero-order valence-corrected chi connectivity index (χ0v) is 17.4. The second-order valence-corrected chi connectivity index (χ2v) is 10.0. The fourth-order valence-electron chi connectivity index (χ4n) is 6.16. The maximum Gasteiger partial charge on any atom is 0.288 e. The van der Waals surface area contributed by atoms with Crippen molar-refractivity contribution >= 4 is 32.5 Å². The molecule has 7 rings (SSSR count). The maximum atomic E-state index is 6.70. The van der Waals surface area contributed by atoms with E-state index in [4.69, 9.17) is 9.72 Å². The van der Waals surface area contributed by atoms with Crippen LogP contribution < -0.4 is 9.30 Å². The van der Waals surface area contributed by atoms with E-state index in [1.807, 2.05) is 29.9 Å². The Labute approximate surface area is 173 Å². The van der Waals surface area contributed by atoms with Gasteiger partial charge in [0.05, 0.1) is 23.0 Å². The molecule has 3 aliphatic rings. The first-order valence-corrected chi connectivity index (χ1v) is 11.4. The molecule has 1 aliphatic heterocycles. The first kappa shape index (κ1) is 16.3. The Bertz CT molecular complexity index is 1340. The number of hydrogen-bond acceptors (Lipinski definition) is 4. The van der Waals surface area contributed by atoms with Crippen LogP contribution in [0, 0.1) is 18.8 Å². The lowest BCUT2D eigenvalue weighted by atomic mass is 9.86. The average Bonchev–Trinajstić information content (AvgIpc) is 3.45. The number of benzene rings is 1. The van der Waals surface area contributed by atoms with Crippen molar-refractivity contribution in [3.05, 3.63) is 41.2 Å². The van der Waals surface area contributed by atoms with Crippen LogP contribution in [0.2, 0.25) is 0 Å². The third-order valence-electron chi connectivity index (χ3n) is 7.46. The minimum atomic E-state index is 0.641. The number of aromatic nitrogens is 3. The fourth-order valence-corrected chi connectivity index (χ4v) is 7.43. The maximum absolute atomic E-state index is 6.70. The van der Waals surface area contributed by atoms with Gasteiger partial charge in [0, 0.05) is 23.6 Å². The molecule has 2 aliphatic carbocycles. The highest BCUT2D eigenvalue weighted by Gasteiger charge is 2.44. The van der Waals surface area contributed by atoms with Gasteiger partial charge in [-0.15, -0.1) is 0 Å². The van der Waals surface area contributed by atoms with Gasteiger partial charge in [-0.25, -0.2) is 4.57 Å². The molecule has 4 nitrogen and oxygen atoms in total. The molecule has 29 heavy (non-hydrogen) atoms. The monoisotopic (exact) mass is 400 g/mol. The van der Waals surface area contributed by atoms with Crippen LogP contribution >= 0.6 is 11.3 Å². The SMILES string of the molecule is Cc1c2c(cc3ncccc13)Oc1c(C3CC4CCC3C4)sc3nc[n+](C)c-2c13. The number of hydrogen-bond donors (Lipinski definition) is 0. The summed E-state index contributed by atoms with van der Waals surface area (Å²) in [7, 11) is 2.10. The summed E-state index contributed by atoms with van der Waals surface area (Å²) in [4.78, 5) is 11.9. The number of thiophene rings is 1. The van der Waals surface area contributed by atoms with Crippen LogP contribution in [-0.4, -0.2) is 9.97 Å². The molecular formula is C24H22N3OS+. The third-order valence-corrected chi connectivity index (χ3v) is 8.68. The van der Waals surface area contributed by atoms with Crippen molar-refractivity contribution in [1.29, 1.82) is 0 Å². The molecule has 0 saturated heterocycles. The molecule has 2 saturated carbocycles. The largest absolute Gasteiger partial charge is 0.454 e. The summed E-state index contributed by atoms with van der Waals surface area (Å²) in [6.07, 6.45) is 9.34. The Balaban J connectivity index is 1.55. The van der Waals surface area contributed by atoms with Crippen molar-refractivity contribution in [3.8, 4) is 22.8 Å². The Morgan fingerprint density at radius 3 is 2.97 bits per heavy atom. The van der Waals surface area contributed by atoms with E-state index in [1.54, 1.807) is 0 Å². The molecular weight excluding hydrogens is 378 g/mol. The topological polar surface area (TPSA) is 38.9 Å². The normalized spacial score (nSPS) is 24.3.